The van der Waals surface area contributed by atoms with Crippen LogP contribution in [0.3, 0.4) is 0 Å². The smallest absolute Gasteiger partial charge is 0.337 e. The predicted molar refractivity (Wildman–Crippen MR) is 97.4 cm³/mol. The van der Waals surface area contributed by atoms with Gasteiger partial charge in [0.2, 0.25) is 5.95 Å². The molecule has 0 amide bonds. The van der Waals surface area contributed by atoms with E-state index >= 15 is 0 Å². The Morgan fingerprint density at radius 3 is 2.54 bits per heavy atom. The summed E-state index contributed by atoms with van der Waals surface area (Å²) in [6.07, 6.45) is 0. The lowest BCUT2D eigenvalue weighted by Crippen LogP contribution is -2.05. The van der Waals surface area contributed by atoms with E-state index in [4.69, 9.17) is 0 Å². The summed E-state index contributed by atoms with van der Waals surface area (Å²) >= 11 is 0. The van der Waals surface area contributed by atoms with Crippen molar-refractivity contribution >= 4 is 29.1 Å². The Hall–Kier alpha value is -3.62. The lowest BCUT2D eigenvalue weighted by molar-refractivity contribution is 0.0601. The van der Waals surface area contributed by atoms with Gasteiger partial charge in [0.15, 0.2) is 17.5 Å². The van der Waals surface area contributed by atoms with E-state index in [1.54, 1.807) is 31.2 Å². The number of carbonyl (C=O) groups excluding carboxylic acids is 1. The average molecular weight is 388 g/mol. The topological polar surface area (TPSA) is 76.1 Å². The maximum atomic E-state index is 13.9. The number of halogens is 3. The molecule has 0 spiro atoms. The zero-order valence-electron chi connectivity index (χ0n) is 14.9. The molecule has 2 N–H and O–H groups in total. The highest BCUT2D eigenvalue weighted by atomic mass is 19.2. The van der Waals surface area contributed by atoms with E-state index in [1.165, 1.54) is 13.2 Å². The Morgan fingerprint density at radius 1 is 1.00 bits per heavy atom. The van der Waals surface area contributed by atoms with Crippen LogP contribution in [0, 0.1) is 24.4 Å². The van der Waals surface area contributed by atoms with Gasteiger partial charge in [0.1, 0.15) is 5.82 Å². The number of nitrogens with zero attached hydrogens (tertiary/aromatic N) is 2. The molecular weight excluding hydrogens is 373 g/mol. The summed E-state index contributed by atoms with van der Waals surface area (Å²) in [5.74, 6) is -4.37. The molecule has 0 atom stereocenters. The van der Waals surface area contributed by atoms with E-state index in [0.717, 1.165) is 12.1 Å². The SMILES string of the molecule is COC(=O)c1cccc(Nc2nc(C)cc(Nc3ccc(F)c(F)c3F)n2)c1. The number of hydrogen-bond donors (Lipinski definition) is 2. The van der Waals surface area contributed by atoms with Gasteiger partial charge in [-0.05, 0) is 37.3 Å². The molecule has 9 heteroatoms. The summed E-state index contributed by atoms with van der Waals surface area (Å²) in [5, 5.41) is 5.53. The summed E-state index contributed by atoms with van der Waals surface area (Å²) in [7, 11) is 1.28. The molecule has 28 heavy (non-hydrogen) atoms. The summed E-state index contributed by atoms with van der Waals surface area (Å²) < 4.78 is 45.0. The van der Waals surface area contributed by atoms with E-state index in [0.29, 0.717) is 16.9 Å². The third-order valence-electron chi connectivity index (χ3n) is 3.69. The first kappa shape index (κ1) is 19.2. The fourth-order valence-electron chi connectivity index (χ4n) is 2.42. The predicted octanol–water partition coefficient (Wildman–Crippen LogP) is 4.48. The molecule has 1 heterocycles. The van der Waals surface area contributed by atoms with Gasteiger partial charge in [0, 0.05) is 17.4 Å². The molecule has 1 aromatic heterocycles. The molecule has 0 aliphatic heterocycles. The maximum Gasteiger partial charge on any atom is 0.337 e. The van der Waals surface area contributed by atoms with Gasteiger partial charge in [0.05, 0.1) is 18.4 Å². The highest BCUT2D eigenvalue weighted by Gasteiger charge is 2.14. The minimum absolute atomic E-state index is 0.160. The molecule has 0 aliphatic rings. The zero-order chi connectivity index (χ0) is 20.3. The zero-order valence-corrected chi connectivity index (χ0v) is 14.9. The molecule has 6 nitrogen and oxygen atoms in total. The monoisotopic (exact) mass is 388 g/mol. The number of aryl methyl sites for hydroxylation is 1. The normalized spacial score (nSPS) is 10.5. The third-order valence-corrected chi connectivity index (χ3v) is 3.69. The molecule has 0 bridgehead atoms. The standard InChI is InChI=1S/C19H15F3N4O2/c1-10-8-15(25-14-7-6-13(20)16(21)17(14)22)26-19(23-10)24-12-5-3-4-11(9-12)18(27)28-2/h3-9H,1-2H3,(H2,23,24,25,26). The van der Waals surface area contributed by atoms with Crippen LogP contribution in [-0.4, -0.2) is 23.0 Å². The minimum Gasteiger partial charge on any atom is -0.465 e. The molecular formula is C19H15F3N4O2. The molecule has 144 valence electrons. The van der Waals surface area contributed by atoms with Crippen molar-refractivity contribution in [3.8, 4) is 0 Å². The molecule has 3 aromatic rings. The lowest BCUT2D eigenvalue weighted by Gasteiger charge is -2.11. The van der Waals surface area contributed by atoms with Gasteiger partial charge in [-0.2, -0.15) is 4.98 Å². The van der Waals surface area contributed by atoms with Crippen molar-refractivity contribution in [3.63, 3.8) is 0 Å². The number of aromatic nitrogens is 2. The Morgan fingerprint density at radius 2 is 1.79 bits per heavy atom. The van der Waals surface area contributed by atoms with Gasteiger partial charge in [-0.1, -0.05) is 6.07 Å². The van der Waals surface area contributed by atoms with Crippen molar-refractivity contribution in [2.75, 3.05) is 17.7 Å². The van der Waals surface area contributed by atoms with E-state index in [1.807, 2.05) is 0 Å². The number of esters is 1. The second-order valence-electron chi connectivity index (χ2n) is 5.76. The van der Waals surface area contributed by atoms with Gasteiger partial charge in [-0.15, -0.1) is 0 Å². The van der Waals surface area contributed by atoms with Crippen LogP contribution in [0.4, 0.5) is 36.3 Å². The fourth-order valence-corrected chi connectivity index (χ4v) is 2.42. The van der Waals surface area contributed by atoms with Gasteiger partial charge in [-0.25, -0.2) is 22.9 Å². The maximum absolute atomic E-state index is 13.9. The average Bonchev–Trinajstić information content (AvgIpc) is 2.67. The highest BCUT2D eigenvalue weighted by molar-refractivity contribution is 5.90. The van der Waals surface area contributed by atoms with E-state index in [2.05, 4.69) is 25.3 Å². The van der Waals surface area contributed by atoms with Gasteiger partial charge >= 0.3 is 5.97 Å². The Bertz CT molecular complexity index is 1040. The molecule has 0 saturated heterocycles. The van der Waals surface area contributed by atoms with Crippen LogP contribution in [0.5, 0.6) is 0 Å². The summed E-state index contributed by atoms with van der Waals surface area (Å²) in [6, 6.07) is 9.88. The number of nitrogens with one attached hydrogen (secondary N) is 2. The first-order valence-electron chi connectivity index (χ1n) is 8.09. The fraction of sp³-hybridized carbons (Fsp3) is 0.105. The Kier molecular flexibility index (Phi) is 5.44. The Labute approximate surface area is 158 Å². The quantitative estimate of drug-likeness (QED) is 0.496. The van der Waals surface area contributed by atoms with Gasteiger partial charge in [-0.3, -0.25) is 0 Å². The van der Waals surface area contributed by atoms with Crippen molar-refractivity contribution in [3.05, 3.63) is 71.2 Å². The van der Waals surface area contributed by atoms with Crippen molar-refractivity contribution in [2.24, 2.45) is 0 Å². The van der Waals surface area contributed by atoms with Gasteiger partial charge < -0.3 is 15.4 Å². The number of benzene rings is 2. The molecule has 3 rings (SSSR count). The molecule has 0 fully saturated rings. The van der Waals surface area contributed by atoms with Crippen LogP contribution >= 0.6 is 0 Å². The van der Waals surface area contributed by atoms with Crippen LogP contribution in [0.15, 0.2) is 42.5 Å². The molecule has 0 saturated carbocycles. The summed E-state index contributed by atoms with van der Waals surface area (Å²) in [5.41, 5.74) is 1.13. The second kappa shape index (κ2) is 7.95. The van der Waals surface area contributed by atoms with Crippen LogP contribution in [0.25, 0.3) is 0 Å². The first-order chi connectivity index (χ1) is 13.4. The lowest BCUT2D eigenvalue weighted by atomic mass is 10.2. The van der Waals surface area contributed by atoms with Gasteiger partial charge in [0.25, 0.3) is 0 Å². The molecule has 2 aromatic carbocycles. The van der Waals surface area contributed by atoms with Crippen molar-refractivity contribution in [2.45, 2.75) is 6.92 Å². The van der Waals surface area contributed by atoms with E-state index < -0.39 is 23.4 Å². The van der Waals surface area contributed by atoms with E-state index in [-0.39, 0.29) is 17.5 Å². The number of ether oxygens (including phenoxy) is 1. The Balaban J connectivity index is 1.86. The highest BCUT2D eigenvalue weighted by Crippen LogP contribution is 2.24. The number of rotatable bonds is 5. The molecule has 0 unspecified atom stereocenters. The number of hydrogen-bond acceptors (Lipinski definition) is 6. The number of carbonyl (C=O) groups is 1. The third kappa shape index (κ3) is 4.20. The second-order valence-corrected chi connectivity index (χ2v) is 5.76. The van der Waals surface area contributed by atoms with Crippen LogP contribution in [0.2, 0.25) is 0 Å². The van der Waals surface area contributed by atoms with Crippen molar-refractivity contribution in [1.29, 1.82) is 0 Å². The number of methoxy groups -OCH3 is 1. The molecule has 0 radical (unpaired) electrons. The van der Waals surface area contributed by atoms with Crippen molar-refractivity contribution in [1.82, 2.24) is 9.97 Å². The first-order valence-corrected chi connectivity index (χ1v) is 8.09. The minimum atomic E-state index is -1.58. The summed E-state index contributed by atoms with van der Waals surface area (Å²) in [4.78, 5) is 20.0. The largest absolute Gasteiger partial charge is 0.465 e. The number of anilines is 4. The summed E-state index contributed by atoms with van der Waals surface area (Å²) in [6.45, 7) is 1.69. The van der Waals surface area contributed by atoms with Crippen LogP contribution in [0.1, 0.15) is 16.1 Å². The van der Waals surface area contributed by atoms with Crippen LogP contribution < -0.4 is 10.6 Å². The van der Waals surface area contributed by atoms with Crippen molar-refractivity contribution < 1.29 is 22.7 Å². The van der Waals surface area contributed by atoms with Crippen LogP contribution in [-0.2, 0) is 4.74 Å². The molecule has 0 aliphatic carbocycles. The van der Waals surface area contributed by atoms with E-state index in [9.17, 15) is 18.0 Å².